The predicted molar refractivity (Wildman–Crippen MR) is 119 cm³/mol. The Bertz CT molecular complexity index is 1010. The van der Waals surface area contributed by atoms with Crippen LogP contribution in [0.15, 0.2) is 24.4 Å². The molecular weight excluding hydrogens is 416 g/mol. The predicted octanol–water partition coefficient (Wildman–Crippen LogP) is 4.47. The maximum atomic E-state index is 13.2. The molecule has 0 bridgehead atoms. The summed E-state index contributed by atoms with van der Waals surface area (Å²) in [5.41, 5.74) is 2.36. The number of rotatable bonds is 2. The molecule has 0 aromatic carbocycles. The molecule has 0 aliphatic carbocycles. The third kappa shape index (κ3) is 4.15. The monoisotopic (exact) mass is 444 g/mol. The molecular formula is C23H29ClN4O3. The average Bonchev–Trinajstić information content (AvgIpc) is 3.17. The van der Waals surface area contributed by atoms with Crippen LogP contribution < -0.4 is 0 Å². The molecule has 31 heavy (non-hydrogen) atoms. The standard InChI is InChI=1S/C23H29ClN4O3/c1-5-27-13-23(8-6-10-28(14-23)21(30)31-22(2,3)4)19-16(20(27)29)12-17(26-19)15-7-9-25-18(24)11-15/h7,9,11-12,26H,5-6,8,10,13-14H2,1-4H3. The minimum Gasteiger partial charge on any atom is -0.444 e. The van der Waals surface area contributed by atoms with Crippen LogP contribution in [-0.4, -0.2) is 63.5 Å². The number of likely N-dealkylation sites (tertiary alicyclic amines) is 1. The van der Waals surface area contributed by atoms with Crippen molar-refractivity contribution >= 4 is 23.6 Å². The number of fused-ring (bicyclic) bond motifs is 2. The van der Waals surface area contributed by atoms with E-state index in [1.807, 2.05) is 44.7 Å². The molecule has 2 aliphatic heterocycles. The van der Waals surface area contributed by atoms with Crippen molar-refractivity contribution in [3.63, 3.8) is 0 Å². The zero-order valence-corrected chi connectivity index (χ0v) is 19.3. The first-order valence-electron chi connectivity index (χ1n) is 10.7. The number of aromatic nitrogens is 2. The Kier molecular flexibility index (Phi) is 5.50. The van der Waals surface area contributed by atoms with Gasteiger partial charge in [0.1, 0.15) is 10.8 Å². The van der Waals surface area contributed by atoms with Gasteiger partial charge in [0, 0.05) is 54.7 Å². The number of H-pyrrole nitrogens is 1. The second-order valence-corrected chi connectivity index (χ2v) is 9.83. The van der Waals surface area contributed by atoms with E-state index in [9.17, 15) is 9.59 Å². The molecule has 0 radical (unpaired) electrons. The number of pyridine rings is 1. The van der Waals surface area contributed by atoms with Crippen molar-refractivity contribution < 1.29 is 14.3 Å². The maximum Gasteiger partial charge on any atom is 0.410 e. The van der Waals surface area contributed by atoms with Gasteiger partial charge < -0.3 is 19.5 Å². The van der Waals surface area contributed by atoms with Crippen molar-refractivity contribution in [1.29, 1.82) is 0 Å². The number of nitrogens with zero attached hydrogens (tertiary/aromatic N) is 3. The number of carbonyl (C=O) groups excluding carboxylic acids is 2. The molecule has 4 heterocycles. The number of aromatic amines is 1. The first-order chi connectivity index (χ1) is 14.6. The van der Waals surface area contributed by atoms with E-state index < -0.39 is 5.60 Å². The lowest BCUT2D eigenvalue weighted by atomic mass is 9.73. The van der Waals surface area contributed by atoms with Crippen molar-refractivity contribution in [1.82, 2.24) is 19.8 Å². The van der Waals surface area contributed by atoms with Crippen LogP contribution in [0.5, 0.6) is 0 Å². The number of hydrogen-bond donors (Lipinski definition) is 1. The SMILES string of the molecule is CCN1CC2(CCCN(C(=O)OC(C)(C)C)C2)c2[nH]c(-c3ccnc(Cl)c3)cc2C1=O. The smallest absolute Gasteiger partial charge is 0.410 e. The number of nitrogens with one attached hydrogen (secondary N) is 1. The van der Waals surface area contributed by atoms with E-state index in [0.29, 0.717) is 36.9 Å². The van der Waals surface area contributed by atoms with Crippen LogP contribution in [0.1, 0.15) is 56.6 Å². The second-order valence-electron chi connectivity index (χ2n) is 9.44. The highest BCUT2D eigenvalue weighted by molar-refractivity contribution is 6.29. The van der Waals surface area contributed by atoms with Crippen LogP contribution in [0.2, 0.25) is 5.15 Å². The molecule has 1 unspecified atom stereocenters. The van der Waals surface area contributed by atoms with Crippen LogP contribution in [0, 0.1) is 0 Å². The third-order valence-corrected chi connectivity index (χ3v) is 6.21. The van der Waals surface area contributed by atoms with E-state index in [2.05, 4.69) is 9.97 Å². The number of piperidine rings is 1. The first-order valence-corrected chi connectivity index (χ1v) is 11.1. The maximum absolute atomic E-state index is 13.2. The number of ether oxygens (including phenoxy) is 1. The van der Waals surface area contributed by atoms with E-state index in [4.69, 9.17) is 16.3 Å². The summed E-state index contributed by atoms with van der Waals surface area (Å²) in [6.07, 6.45) is 3.08. The highest BCUT2D eigenvalue weighted by atomic mass is 35.5. The number of amides is 2. The Morgan fingerprint density at radius 2 is 2.10 bits per heavy atom. The highest BCUT2D eigenvalue weighted by Crippen LogP contribution is 2.42. The largest absolute Gasteiger partial charge is 0.444 e. The lowest BCUT2D eigenvalue weighted by Crippen LogP contribution is -2.58. The fraction of sp³-hybridized carbons (Fsp3) is 0.522. The van der Waals surface area contributed by atoms with Crippen LogP contribution in [0.4, 0.5) is 4.79 Å². The number of carbonyl (C=O) groups is 2. The summed E-state index contributed by atoms with van der Waals surface area (Å²) in [5, 5.41) is 0.398. The van der Waals surface area contributed by atoms with Gasteiger partial charge in [0.05, 0.1) is 5.56 Å². The van der Waals surface area contributed by atoms with Crippen LogP contribution in [0.25, 0.3) is 11.3 Å². The quantitative estimate of drug-likeness (QED) is 0.693. The Hall–Kier alpha value is -2.54. The third-order valence-electron chi connectivity index (χ3n) is 6.01. The van der Waals surface area contributed by atoms with E-state index in [1.54, 1.807) is 17.2 Å². The highest BCUT2D eigenvalue weighted by Gasteiger charge is 2.48. The van der Waals surface area contributed by atoms with Gasteiger partial charge in [-0.05, 0) is 58.7 Å². The van der Waals surface area contributed by atoms with Gasteiger partial charge in [0.15, 0.2) is 0 Å². The lowest BCUT2D eigenvalue weighted by Gasteiger charge is -2.47. The molecule has 0 saturated carbocycles. The summed E-state index contributed by atoms with van der Waals surface area (Å²) in [5.74, 6) is 0.0140. The molecule has 1 fully saturated rings. The fourth-order valence-electron chi connectivity index (χ4n) is 4.66. The molecule has 8 heteroatoms. The molecule has 1 N–H and O–H groups in total. The van der Waals surface area contributed by atoms with Crippen molar-refractivity contribution in [2.24, 2.45) is 0 Å². The summed E-state index contributed by atoms with van der Waals surface area (Å²) in [4.78, 5) is 37.2. The molecule has 2 aromatic rings. The van der Waals surface area contributed by atoms with Crippen LogP contribution >= 0.6 is 11.6 Å². The molecule has 2 amide bonds. The van der Waals surface area contributed by atoms with E-state index in [1.165, 1.54) is 0 Å². The van der Waals surface area contributed by atoms with Gasteiger partial charge in [-0.3, -0.25) is 4.79 Å². The summed E-state index contributed by atoms with van der Waals surface area (Å²) >= 11 is 6.09. The van der Waals surface area contributed by atoms with Gasteiger partial charge in [-0.1, -0.05) is 11.6 Å². The van der Waals surface area contributed by atoms with Gasteiger partial charge in [-0.15, -0.1) is 0 Å². The van der Waals surface area contributed by atoms with Gasteiger partial charge in [0.2, 0.25) is 0 Å². The van der Waals surface area contributed by atoms with Gasteiger partial charge in [-0.25, -0.2) is 9.78 Å². The Morgan fingerprint density at radius 1 is 1.32 bits per heavy atom. The summed E-state index contributed by atoms with van der Waals surface area (Å²) in [7, 11) is 0. The molecule has 2 aromatic heterocycles. The van der Waals surface area contributed by atoms with Gasteiger partial charge in [-0.2, -0.15) is 0 Å². The van der Waals surface area contributed by atoms with E-state index >= 15 is 0 Å². The molecule has 1 atom stereocenters. The van der Waals surface area contributed by atoms with Gasteiger partial charge in [0.25, 0.3) is 5.91 Å². The van der Waals surface area contributed by atoms with Gasteiger partial charge >= 0.3 is 6.09 Å². The molecule has 2 aliphatic rings. The molecule has 1 saturated heterocycles. The Morgan fingerprint density at radius 3 is 2.77 bits per heavy atom. The van der Waals surface area contributed by atoms with Crippen molar-refractivity contribution in [3.05, 3.63) is 40.8 Å². The second kappa shape index (κ2) is 7.86. The molecule has 1 spiro atoms. The molecule has 4 rings (SSSR count). The van der Waals surface area contributed by atoms with Crippen molar-refractivity contribution in [2.45, 2.75) is 51.6 Å². The molecule has 166 valence electrons. The summed E-state index contributed by atoms with van der Waals surface area (Å²) in [6, 6.07) is 5.55. The normalized spacial score (nSPS) is 21.4. The number of halogens is 1. The van der Waals surface area contributed by atoms with E-state index in [0.717, 1.165) is 29.8 Å². The zero-order chi connectivity index (χ0) is 22.4. The summed E-state index contributed by atoms with van der Waals surface area (Å²) in [6.45, 7) is 9.96. The first kappa shape index (κ1) is 21.7. The Balaban J connectivity index is 1.74. The fourth-order valence-corrected chi connectivity index (χ4v) is 4.83. The minimum atomic E-state index is -0.551. The van der Waals surface area contributed by atoms with E-state index in [-0.39, 0.29) is 17.4 Å². The number of likely N-dealkylation sites (N-methyl/N-ethyl adjacent to an activating group) is 1. The summed E-state index contributed by atoms with van der Waals surface area (Å²) < 4.78 is 5.64. The average molecular weight is 445 g/mol. The zero-order valence-electron chi connectivity index (χ0n) is 18.5. The Labute approximate surface area is 187 Å². The van der Waals surface area contributed by atoms with Crippen molar-refractivity contribution in [2.75, 3.05) is 26.2 Å². The number of hydrogen-bond acceptors (Lipinski definition) is 4. The van der Waals surface area contributed by atoms with Crippen LogP contribution in [-0.2, 0) is 10.2 Å². The minimum absolute atomic E-state index is 0.0140. The topological polar surface area (TPSA) is 78.5 Å². The lowest BCUT2D eigenvalue weighted by molar-refractivity contribution is 0.00880. The van der Waals surface area contributed by atoms with Crippen LogP contribution in [0.3, 0.4) is 0 Å². The van der Waals surface area contributed by atoms with Crippen molar-refractivity contribution in [3.8, 4) is 11.3 Å². The molecule has 7 nitrogen and oxygen atoms in total.